The summed E-state index contributed by atoms with van der Waals surface area (Å²) in [4.78, 5) is 0. The van der Waals surface area contributed by atoms with Crippen LogP contribution in [-0.4, -0.2) is 0 Å². The molecule has 0 saturated heterocycles. The molecule has 0 fully saturated rings. The average Bonchev–Trinajstić information content (AvgIpc) is 3.03. The summed E-state index contributed by atoms with van der Waals surface area (Å²) in [5.41, 5.74) is 13.2. The Kier molecular flexibility index (Phi) is 8.29. The van der Waals surface area contributed by atoms with E-state index in [2.05, 4.69) is 98.8 Å². The van der Waals surface area contributed by atoms with E-state index in [0.717, 1.165) is 6.42 Å². The molecule has 0 aromatic heterocycles. The summed E-state index contributed by atoms with van der Waals surface area (Å²) < 4.78 is 0. The fourth-order valence-corrected chi connectivity index (χ4v) is 4.28. The van der Waals surface area contributed by atoms with Crippen LogP contribution in [0, 0.1) is 19.9 Å². The largest absolute Gasteiger partial charge is 3.00 e. The summed E-state index contributed by atoms with van der Waals surface area (Å²) >= 11 is 0. The van der Waals surface area contributed by atoms with Gasteiger partial charge in [-0.3, -0.25) is 0 Å². The number of aryl methyl sites for hydroxylation is 2. The molecule has 0 bridgehead atoms. The first-order chi connectivity index (χ1) is 13.2. The molecular formula is C27H21Cl2Zr. The van der Waals surface area contributed by atoms with Crippen molar-refractivity contribution < 1.29 is 51.0 Å². The molecule has 0 saturated carbocycles. The van der Waals surface area contributed by atoms with Crippen molar-refractivity contribution in [2.45, 2.75) is 20.3 Å². The van der Waals surface area contributed by atoms with Gasteiger partial charge in [0.25, 0.3) is 0 Å². The zero-order valence-corrected chi connectivity index (χ0v) is 20.9. The van der Waals surface area contributed by atoms with E-state index in [4.69, 9.17) is 0 Å². The van der Waals surface area contributed by atoms with E-state index >= 15 is 0 Å². The number of fused-ring (bicyclic) bond motifs is 3. The minimum absolute atomic E-state index is 0. The summed E-state index contributed by atoms with van der Waals surface area (Å²) in [6, 6.07) is 32.1. The summed E-state index contributed by atoms with van der Waals surface area (Å²) in [6.07, 6.45) is 0.983. The summed E-state index contributed by atoms with van der Waals surface area (Å²) in [5.74, 6) is 0. The molecule has 1 aliphatic rings. The Morgan fingerprint density at radius 1 is 0.633 bits per heavy atom. The van der Waals surface area contributed by atoms with Crippen LogP contribution in [0.4, 0.5) is 0 Å². The number of rotatable bonds is 2. The van der Waals surface area contributed by atoms with Gasteiger partial charge in [0.2, 0.25) is 0 Å². The molecule has 1 radical (unpaired) electrons. The number of benzene rings is 4. The third kappa shape index (κ3) is 4.35. The molecule has 0 heterocycles. The van der Waals surface area contributed by atoms with Gasteiger partial charge in [-0.25, -0.2) is 0 Å². The number of hydrogen-bond donors (Lipinski definition) is 0. The predicted molar refractivity (Wildman–Crippen MR) is 114 cm³/mol. The maximum atomic E-state index is 3.68. The molecule has 30 heavy (non-hydrogen) atoms. The first-order valence-corrected chi connectivity index (χ1v) is 9.51. The molecule has 0 spiro atoms. The fourth-order valence-electron chi connectivity index (χ4n) is 4.28. The Morgan fingerprint density at radius 3 is 1.77 bits per heavy atom. The molecule has 0 N–H and O–H groups in total. The van der Waals surface area contributed by atoms with Crippen LogP contribution in [0.5, 0.6) is 0 Å². The summed E-state index contributed by atoms with van der Waals surface area (Å²) in [6.45, 7) is 4.39. The van der Waals surface area contributed by atoms with Crippen molar-refractivity contribution in [3.05, 3.63) is 107 Å². The van der Waals surface area contributed by atoms with Gasteiger partial charge in [-0.1, -0.05) is 90.8 Å². The van der Waals surface area contributed by atoms with E-state index in [1.54, 1.807) is 0 Å². The van der Waals surface area contributed by atoms with Crippen LogP contribution in [0.1, 0.15) is 22.3 Å². The Morgan fingerprint density at radius 2 is 1.17 bits per heavy atom. The van der Waals surface area contributed by atoms with Gasteiger partial charge >= 0.3 is 26.2 Å². The number of halogens is 2. The molecule has 3 heteroatoms. The van der Waals surface area contributed by atoms with E-state index in [0.29, 0.717) is 0 Å². The van der Waals surface area contributed by atoms with Gasteiger partial charge in [-0.2, -0.15) is 17.7 Å². The second-order valence-electron chi connectivity index (χ2n) is 7.43. The maximum Gasteiger partial charge on any atom is 3.00 e. The molecule has 0 aliphatic heterocycles. The van der Waals surface area contributed by atoms with Gasteiger partial charge in [0.05, 0.1) is 0 Å². The fraction of sp³-hybridized carbons (Fsp3) is 0.111. The molecule has 5 rings (SSSR count). The van der Waals surface area contributed by atoms with E-state index in [1.807, 2.05) is 0 Å². The Hall–Kier alpha value is -1.66. The average molecular weight is 508 g/mol. The van der Waals surface area contributed by atoms with Crippen LogP contribution >= 0.6 is 0 Å². The van der Waals surface area contributed by atoms with Crippen molar-refractivity contribution >= 4 is 0 Å². The third-order valence-electron chi connectivity index (χ3n) is 5.63. The summed E-state index contributed by atoms with van der Waals surface area (Å²) in [5, 5.41) is 0. The number of hydrogen-bond acceptors (Lipinski definition) is 0. The van der Waals surface area contributed by atoms with Gasteiger partial charge in [0, 0.05) is 0 Å². The van der Waals surface area contributed by atoms with Crippen molar-refractivity contribution in [2.24, 2.45) is 0 Å². The van der Waals surface area contributed by atoms with Gasteiger partial charge in [0.1, 0.15) is 0 Å². The first-order valence-electron chi connectivity index (χ1n) is 9.51. The van der Waals surface area contributed by atoms with Crippen molar-refractivity contribution in [3.63, 3.8) is 0 Å². The molecule has 0 atom stereocenters. The minimum atomic E-state index is 0. The molecule has 4 aromatic rings. The van der Waals surface area contributed by atoms with Crippen molar-refractivity contribution in [2.75, 3.05) is 0 Å². The maximum absolute atomic E-state index is 3.68. The van der Waals surface area contributed by atoms with E-state index < -0.39 is 0 Å². The molecule has 147 valence electrons. The van der Waals surface area contributed by atoms with Crippen molar-refractivity contribution in [3.8, 4) is 33.4 Å². The van der Waals surface area contributed by atoms with Gasteiger partial charge in [0.15, 0.2) is 0 Å². The Balaban J connectivity index is 0.00000107. The molecule has 0 amide bonds. The standard InChI is InChI=1S/C27H21.2ClH.Zr/c1-18-13-22-15-23-14-19(2)25(21-11-7-4-8-12-21)17-27(23)26(22)16-24(18)20-9-5-3-6-10-20;;;/h3-13,16-17H,15H2,1-2H3;2*1H;/q-1;;;+3/p-2. The van der Waals surface area contributed by atoms with E-state index in [9.17, 15) is 0 Å². The third-order valence-corrected chi connectivity index (χ3v) is 5.63. The van der Waals surface area contributed by atoms with Crippen molar-refractivity contribution in [1.29, 1.82) is 0 Å². The smallest absolute Gasteiger partial charge is 1.00 e. The molecule has 1 aliphatic carbocycles. The minimum Gasteiger partial charge on any atom is -1.00 e. The van der Waals surface area contributed by atoms with Crippen LogP contribution in [-0.2, 0) is 32.6 Å². The predicted octanol–water partition coefficient (Wildman–Crippen LogP) is 1.01. The quantitative estimate of drug-likeness (QED) is 0.313. The SMILES string of the molecule is Cc1[c-]c2c(cc1-c1ccccc1)-c1cc(-c3ccccc3)c(C)cc1C2.[Cl-].[Cl-].[Zr+3]. The normalized spacial score (nSPS) is 10.7. The first kappa shape index (κ1) is 24.6. The summed E-state index contributed by atoms with van der Waals surface area (Å²) in [7, 11) is 0. The molecule has 0 nitrogen and oxygen atoms in total. The van der Waals surface area contributed by atoms with Crippen molar-refractivity contribution in [1.82, 2.24) is 0 Å². The van der Waals surface area contributed by atoms with Crippen LogP contribution in [0.25, 0.3) is 33.4 Å². The molecule has 4 aromatic carbocycles. The topological polar surface area (TPSA) is 0 Å². The zero-order chi connectivity index (χ0) is 18.4. The second kappa shape index (κ2) is 10.1. The monoisotopic (exact) mass is 505 g/mol. The van der Waals surface area contributed by atoms with Gasteiger partial charge in [-0.05, 0) is 35.6 Å². The van der Waals surface area contributed by atoms with E-state index in [1.165, 1.54) is 55.6 Å². The molecular weight excluding hydrogens is 486 g/mol. The van der Waals surface area contributed by atoms with E-state index in [-0.39, 0.29) is 51.0 Å². The van der Waals surface area contributed by atoms with Crippen LogP contribution < -0.4 is 24.8 Å². The van der Waals surface area contributed by atoms with Gasteiger partial charge < -0.3 is 24.8 Å². The Labute approximate surface area is 210 Å². The zero-order valence-electron chi connectivity index (χ0n) is 17.0. The second-order valence-corrected chi connectivity index (χ2v) is 7.43. The molecule has 0 unspecified atom stereocenters. The van der Waals surface area contributed by atoms with Crippen LogP contribution in [0.3, 0.4) is 0 Å². The van der Waals surface area contributed by atoms with Gasteiger partial charge in [-0.15, -0.1) is 16.7 Å². The Bertz CT molecular complexity index is 1060. The van der Waals surface area contributed by atoms with Crippen LogP contribution in [0.2, 0.25) is 0 Å². The van der Waals surface area contributed by atoms with Crippen LogP contribution in [0.15, 0.2) is 78.9 Å².